The van der Waals surface area contributed by atoms with Gasteiger partial charge in [-0.1, -0.05) is 70.7 Å². The molecule has 0 aromatic heterocycles. The van der Waals surface area contributed by atoms with Crippen LogP contribution in [-0.2, 0) is 14.9 Å². The Balaban J connectivity index is 2.61. The maximum Gasteiger partial charge on any atom is 0.283 e. The van der Waals surface area contributed by atoms with E-state index in [0.29, 0.717) is 0 Å². The molecule has 3 rings (SSSR count). The topological polar surface area (TPSA) is 94.8 Å². The summed E-state index contributed by atoms with van der Waals surface area (Å²) in [7, 11) is -5.08. The molecule has 1 atom stereocenters. The molecule has 1 unspecified atom stereocenters. The summed E-state index contributed by atoms with van der Waals surface area (Å²) in [5, 5.41) is 20.1. The zero-order valence-electron chi connectivity index (χ0n) is 14.3. The number of phenols is 2. The fourth-order valence-electron chi connectivity index (χ4n) is 3.20. The largest absolute Gasteiger partial charge is 0.508 e. The van der Waals surface area contributed by atoms with Gasteiger partial charge in [0, 0.05) is 21.2 Å². The van der Waals surface area contributed by atoms with Crippen LogP contribution in [0.15, 0.2) is 54.6 Å². The second kappa shape index (κ2) is 7.87. The zero-order valence-corrected chi connectivity index (χ0v) is 18.1. The van der Waals surface area contributed by atoms with Crippen molar-refractivity contribution in [1.29, 1.82) is 0 Å². The summed E-state index contributed by atoms with van der Waals surface area (Å²) >= 11 is 24.3. The van der Waals surface area contributed by atoms with Gasteiger partial charge in [-0.15, -0.1) is 0 Å². The summed E-state index contributed by atoms with van der Waals surface area (Å²) < 4.78 is 34.0. The summed E-state index contributed by atoms with van der Waals surface area (Å²) in [6.45, 7) is 0. The summed E-state index contributed by atoms with van der Waals surface area (Å²) in [5.41, 5.74) is -0.464. The van der Waals surface area contributed by atoms with Crippen LogP contribution >= 0.6 is 46.4 Å². The van der Waals surface area contributed by atoms with Gasteiger partial charge in [-0.25, -0.2) is 0 Å². The van der Waals surface area contributed by atoms with Crippen LogP contribution in [0.25, 0.3) is 0 Å². The fourth-order valence-corrected chi connectivity index (χ4v) is 5.41. The molecule has 0 aliphatic heterocycles. The van der Waals surface area contributed by atoms with Gasteiger partial charge in [0.25, 0.3) is 10.1 Å². The summed E-state index contributed by atoms with van der Waals surface area (Å²) in [6.07, 6.45) is 0. The molecule has 29 heavy (non-hydrogen) atoms. The van der Waals surface area contributed by atoms with E-state index in [9.17, 15) is 23.2 Å². The minimum absolute atomic E-state index is 0.0196. The van der Waals surface area contributed by atoms with Gasteiger partial charge in [-0.2, -0.15) is 8.42 Å². The number of hydrogen-bond donors (Lipinski definition) is 3. The highest BCUT2D eigenvalue weighted by molar-refractivity contribution is 7.87. The van der Waals surface area contributed by atoms with Crippen molar-refractivity contribution in [2.45, 2.75) is 4.75 Å². The van der Waals surface area contributed by atoms with Crippen molar-refractivity contribution in [3.63, 3.8) is 0 Å². The van der Waals surface area contributed by atoms with E-state index in [-0.39, 0.29) is 42.5 Å². The molecule has 0 heterocycles. The fraction of sp³-hybridized carbons (Fsp3) is 0.0526. The summed E-state index contributed by atoms with van der Waals surface area (Å²) in [4.78, 5) is 0. The smallest absolute Gasteiger partial charge is 0.283 e. The van der Waals surface area contributed by atoms with Crippen molar-refractivity contribution >= 4 is 56.5 Å². The lowest BCUT2D eigenvalue weighted by Crippen LogP contribution is -2.38. The van der Waals surface area contributed by atoms with E-state index in [2.05, 4.69) is 0 Å². The van der Waals surface area contributed by atoms with Crippen molar-refractivity contribution in [1.82, 2.24) is 0 Å². The van der Waals surface area contributed by atoms with Crippen LogP contribution in [0.4, 0.5) is 0 Å². The molecule has 0 spiro atoms. The van der Waals surface area contributed by atoms with Crippen LogP contribution < -0.4 is 0 Å². The van der Waals surface area contributed by atoms with Crippen LogP contribution in [0, 0.1) is 0 Å². The van der Waals surface area contributed by atoms with Crippen molar-refractivity contribution < 1.29 is 23.2 Å². The van der Waals surface area contributed by atoms with E-state index in [4.69, 9.17) is 46.4 Å². The monoisotopic (exact) mass is 492 g/mol. The normalized spacial score (nSPS) is 13.8. The van der Waals surface area contributed by atoms with Gasteiger partial charge in [0.1, 0.15) is 16.5 Å². The number of rotatable bonds is 4. The first-order valence-corrected chi connectivity index (χ1v) is 10.8. The Morgan fingerprint density at radius 1 is 0.793 bits per heavy atom. The third-order valence-electron chi connectivity index (χ3n) is 4.40. The predicted molar refractivity (Wildman–Crippen MR) is 114 cm³/mol. The highest BCUT2D eigenvalue weighted by Gasteiger charge is 2.51. The molecule has 0 saturated heterocycles. The first-order valence-electron chi connectivity index (χ1n) is 7.89. The molecule has 0 amide bonds. The molecule has 3 N–H and O–H groups in total. The number of phenolic OH excluding ortho intramolecular Hbond substituents is 2. The van der Waals surface area contributed by atoms with Crippen LogP contribution in [0.3, 0.4) is 0 Å². The highest BCUT2D eigenvalue weighted by atomic mass is 35.5. The lowest BCUT2D eigenvalue weighted by Gasteiger charge is -2.34. The van der Waals surface area contributed by atoms with Gasteiger partial charge in [-0.05, 0) is 35.9 Å². The Hall–Kier alpha value is -1.67. The van der Waals surface area contributed by atoms with Crippen molar-refractivity contribution in [3.05, 3.63) is 91.4 Å². The molecule has 0 bridgehead atoms. The van der Waals surface area contributed by atoms with E-state index in [1.165, 1.54) is 48.5 Å². The second-order valence-corrected chi connectivity index (χ2v) is 9.28. The Kier molecular flexibility index (Phi) is 5.98. The Morgan fingerprint density at radius 2 is 1.45 bits per heavy atom. The number of benzene rings is 3. The maximum absolute atomic E-state index is 13.0. The van der Waals surface area contributed by atoms with E-state index in [1.807, 2.05) is 0 Å². The SMILES string of the molecule is O=S(=O)(O)C(c1cccc(Cl)c1)(c1ccc(O)cc1Cl)c1ccc(Cl)c(Cl)c1O. The minimum atomic E-state index is -5.08. The Labute approximate surface area is 186 Å². The van der Waals surface area contributed by atoms with Crippen LogP contribution in [0.5, 0.6) is 11.5 Å². The molecule has 0 aliphatic carbocycles. The van der Waals surface area contributed by atoms with E-state index in [0.717, 1.165) is 6.07 Å². The highest BCUT2D eigenvalue weighted by Crippen LogP contribution is 2.52. The Bertz CT molecular complexity index is 1210. The van der Waals surface area contributed by atoms with Crippen molar-refractivity contribution in [2.24, 2.45) is 0 Å². The molecule has 3 aromatic rings. The van der Waals surface area contributed by atoms with Gasteiger partial charge in [0.2, 0.25) is 0 Å². The predicted octanol–water partition coefficient (Wildman–Crippen LogP) is 5.89. The van der Waals surface area contributed by atoms with Gasteiger partial charge in [0.05, 0.1) is 5.02 Å². The molecular weight excluding hydrogens is 482 g/mol. The first-order chi connectivity index (χ1) is 13.5. The van der Waals surface area contributed by atoms with Gasteiger partial charge in [-0.3, -0.25) is 4.55 Å². The van der Waals surface area contributed by atoms with Crippen molar-refractivity contribution in [2.75, 3.05) is 0 Å². The minimum Gasteiger partial charge on any atom is -0.508 e. The van der Waals surface area contributed by atoms with Crippen molar-refractivity contribution in [3.8, 4) is 11.5 Å². The van der Waals surface area contributed by atoms with Crippen LogP contribution in [-0.4, -0.2) is 23.2 Å². The van der Waals surface area contributed by atoms with E-state index in [1.54, 1.807) is 0 Å². The maximum atomic E-state index is 13.0. The second-order valence-electron chi connectivity index (χ2n) is 6.09. The lowest BCUT2D eigenvalue weighted by molar-refractivity contribution is 0.440. The van der Waals surface area contributed by atoms with E-state index < -0.39 is 20.6 Å². The quantitative estimate of drug-likeness (QED) is 0.311. The molecule has 0 aliphatic rings. The van der Waals surface area contributed by atoms with Crippen LogP contribution in [0.2, 0.25) is 20.1 Å². The molecule has 0 saturated carbocycles. The Morgan fingerprint density at radius 3 is 2.03 bits per heavy atom. The third-order valence-corrected chi connectivity index (χ3v) is 7.19. The van der Waals surface area contributed by atoms with Gasteiger partial charge < -0.3 is 10.2 Å². The van der Waals surface area contributed by atoms with Crippen LogP contribution in [0.1, 0.15) is 16.7 Å². The molecule has 0 fully saturated rings. The molecule has 10 heteroatoms. The molecule has 0 radical (unpaired) electrons. The number of hydrogen-bond acceptors (Lipinski definition) is 4. The van der Waals surface area contributed by atoms with Gasteiger partial charge in [0.15, 0.2) is 4.75 Å². The lowest BCUT2D eigenvalue weighted by atomic mass is 9.83. The summed E-state index contributed by atoms with van der Waals surface area (Å²) in [6, 6.07) is 11.7. The first kappa shape index (κ1) is 22.0. The molecule has 3 aromatic carbocycles. The standard InChI is InChI=1S/C19H12Cl4O5S/c20-11-3-1-2-10(8-11)19(29(26,27)28,13-5-4-12(24)9-16(13)22)14-6-7-15(21)17(23)18(14)25/h1-9,24-25H,(H,26,27,28). The van der Waals surface area contributed by atoms with Gasteiger partial charge >= 0.3 is 0 Å². The zero-order chi connectivity index (χ0) is 21.6. The molecule has 152 valence electrons. The average Bonchev–Trinajstić information content (AvgIpc) is 2.62. The molecule has 5 nitrogen and oxygen atoms in total. The van der Waals surface area contributed by atoms with E-state index >= 15 is 0 Å². The summed E-state index contributed by atoms with van der Waals surface area (Å²) in [5.74, 6) is -0.895. The average molecular weight is 494 g/mol. The number of halogens is 4. The number of aromatic hydroxyl groups is 2. The molecular formula is C19H12Cl4O5S. The third kappa shape index (κ3) is 3.65.